The van der Waals surface area contributed by atoms with Crippen LogP contribution in [0.1, 0.15) is 37.3 Å². The van der Waals surface area contributed by atoms with Crippen LogP contribution in [0.2, 0.25) is 0 Å². The third kappa shape index (κ3) is 5.84. The molecule has 3 nitrogen and oxygen atoms in total. The molecule has 0 aromatic heterocycles. The van der Waals surface area contributed by atoms with Crippen LogP contribution in [0.3, 0.4) is 0 Å². The van der Waals surface area contributed by atoms with Crippen molar-refractivity contribution in [3.63, 3.8) is 0 Å². The summed E-state index contributed by atoms with van der Waals surface area (Å²) in [6, 6.07) is 7.85. The second-order valence-corrected chi connectivity index (χ2v) is 5.84. The minimum atomic E-state index is -3.36. The van der Waals surface area contributed by atoms with Crippen LogP contribution in [0.5, 0.6) is 0 Å². The lowest BCUT2D eigenvalue weighted by atomic mass is 10.0. The zero-order valence-electron chi connectivity index (χ0n) is 10.5. The SMILES string of the molecule is CCCCCc1ccccc1COS(C)(=O)=O. The van der Waals surface area contributed by atoms with Crippen LogP contribution in [0, 0.1) is 0 Å². The molecule has 0 N–H and O–H groups in total. The van der Waals surface area contributed by atoms with Crippen LogP contribution in [0.4, 0.5) is 0 Å². The van der Waals surface area contributed by atoms with Crippen LogP contribution in [0.15, 0.2) is 24.3 Å². The fourth-order valence-corrected chi connectivity index (χ4v) is 2.02. The fraction of sp³-hybridized carbons (Fsp3) is 0.538. The van der Waals surface area contributed by atoms with Crippen LogP contribution in [-0.2, 0) is 27.3 Å². The van der Waals surface area contributed by atoms with Crippen molar-refractivity contribution in [2.45, 2.75) is 39.2 Å². The maximum absolute atomic E-state index is 11.0. The maximum Gasteiger partial charge on any atom is 0.264 e. The van der Waals surface area contributed by atoms with Crippen molar-refractivity contribution in [2.24, 2.45) is 0 Å². The maximum atomic E-state index is 11.0. The van der Waals surface area contributed by atoms with E-state index in [1.54, 1.807) is 0 Å². The average Bonchev–Trinajstić information content (AvgIpc) is 2.27. The van der Waals surface area contributed by atoms with Crippen LogP contribution < -0.4 is 0 Å². The van der Waals surface area contributed by atoms with E-state index in [-0.39, 0.29) is 6.61 Å². The third-order valence-corrected chi connectivity index (χ3v) is 3.14. The summed E-state index contributed by atoms with van der Waals surface area (Å²) in [5.41, 5.74) is 2.15. The van der Waals surface area contributed by atoms with Gasteiger partial charge in [0.25, 0.3) is 10.1 Å². The van der Waals surface area contributed by atoms with Gasteiger partial charge in [0.05, 0.1) is 12.9 Å². The van der Waals surface area contributed by atoms with Crippen molar-refractivity contribution in [3.8, 4) is 0 Å². The Labute approximate surface area is 104 Å². The van der Waals surface area contributed by atoms with E-state index < -0.39 is 10.1 Å². The molecule has 0 aliphatic carbocycles. The molecule has 0 saturated heterocycles. The normalized spacial score (nSPS) is 11.6. The number of unbranched alkanes of at least 4 members (excludes halogenated alkanes) is 2. The summed E-state index contributed by atoms with van der Waals surface area (Å²) < 4.78 is 26.7. The molecular formula is C13H20O3S. The first-order valence-corrected chi connectivity index (χ1v) is 7.75. The molecule has 4 heteroatoms. The summed E-state index contributed by atoms with van der Waals surface area (Å²) in [5.74, 6) is 0. The molecular weight excluding hydrogens is 236 g/mol. The van der Waals surface area contributed by atoms with E-state index in [1.807, 2.05) is 24.3 Å². The fourth-order valence-electron chi connectivity index (χ4n) is 1.68. The Morgan fingerprint density at radius 1 is 1.12 bits per heavy atom. The molecule has 0 bridgehead atoms. The predicted molar refractivity (Wildman–Crippen MR) is 69.3 cm³/mol. The minimum absolute atomic E-state index is 0.140. The number of hydrogen-bond donors (Lipinski definition) is 0. The van der Waals surface area contributed by atoms with Gasteiger partial charge < -0.3 is 0 Å². The van der Waals surface area contributed by atoms with Gasteiger partial charge in [-0.25, -0.2) is 0 Å². The number of aryl methyl sites for hydroxylation is 1. The molecule has 0 amide bonds. The van der Waals surface area contributed by atoms with Crippen LogP contribution in [0.25, 0.3) is 0 Å². The molecule has 0 saturated carbocycles. The monoisotopic (exact) mass is 256 g/mol. The topological polar surface area (TPSA) is 43.4 Å². The van der Waals surface area contributed by atoms with Crippen molar-refractivity contribution >= 4 is 10.1 Å². The quantitative estimate of drug-likeness (QED) is 0.556. The number of benzene rings is 1. The molecule has 96 valence electrons. The molecule has 0 aliphatic rings. The molecule has 0 unspecified atom stereocenters. The van der Waals surface area contributed by atoms with Gasteiger partial charge >= 0.3 is 0 Å². The molecule has 0 heterocycles. The molecule has 17 heavy (non-hydrogen) atoms. The number of rotatable bonds is 7. The molecule has 0 fully saturated rings. The Balaban J connectivity index is 2.64. The van der Waals surface area contributed by atoms with Crippen LogP contribution >= 0.6 is 0 Å². The van der Waals surface area contributed by atoms with Crippen LogP contribution in [-0.4, -0.2) is 14.7 Å². The molecule has 1 aromatic carbocycles. The Morgan fingerprint density at radius 3 is 2.35 bits per heavy atom. The van der Waals surface area contributed by atoms with Crippen molar-refractivity contribution in [1.82, 2.24) is 0 Å². The molecule has 0 radical (unpaired) electrons. The zero-order chi connectivity index (χ0) is 12.7. The van der Waals surface area contributed by atoms with Gasteiger partial charge in [0.1, 0.15) is 0 Å². The van der Waals surface area contributed by atoms with Crippen molar-refractivity contribution in [2.75, 3.05) is 6.26 Å². The van der Waals surface area contributed by atoms with Crippen molar-refractivity contribution < 1.29 is 12.6 Å². The van der Waals surface area contributed by atoms with Crippen molar-refractivity contribution in [3.05, 3.63) is 35.4 Å². The van der Waals surface area contributed by atoms with E-state index in [0.29, 0.717) is 0 Å². The largest absolute Gasteiger partial charge is 0.265 e. The molecule has 0 spiro atoms. The second-order valence-electron chi connectivity index (χ2n) is 4.19. The van der Waals surface area contributed by atoms with E-state index in [1.165, 1.54) is 18.4 Å². The summed E-state index contributed by atoms with van der Waals surface area (Å²) in [4.78, 5) is 0. The highest BCUT2D eigenvalue weighted by molar-refractivity contribution is 7.85. The summed E-state index contributed by atoms with van der Waals surface area (Å²) in [7, 11) is -3.36. The Morgan fingerprint density at radius 2 is 1.76 bits per heavy atom. The molecule has 1 aromatic rings. The number of hydrogen-bond acceptors (Lipinski definition) is 3. The average molecular weight is 256 g/mol. The highest BCUT2D eigenvalue weighted by Crippen LogP contribution is 2.14. The Hall–Kier alpha value is -0.870. The van der Waals surface area contributed by atoms with Gasteiger partial charge in [0, 0.05) is 0 Å². The molecule has 0 aliphatic heterocycles. The van der Waals surface area contributed by atoms with E-state index in [2.05, 4.69) is 6.92 Å². The summed E-state index contributed by atoms with van der Waals surface area (Å²) in [6.07, 6.45) is 5.57. The lowest BCUT2D eigenvalue weighted by Gasteiger charge is -2.08. The minimum Gasteiger partial charge on any atom is -0.265 e. The van der Waals surface area contributed by atoms with Gasteiger partial charge in [-0.2, -0.15) is 8.42 Å². The smallest absolute Gasteiger partial charge is 0.264 e. The Bertz CT molecular complexity index is 438. The van der Waals surface area contributed by atoms with E-state index >= 15 is 0 Å². The van der Waals surface area contributed by atoms with Crippen molar-refractivity contribution in [1.29, 1.82) is 0 Å². The predicted octanol–water partition coefficient (Wildman–Crippen LogP) is 2.90. The first-order valence-electron chi connectivity index (χ1n) is 5.94. The zero-order valence-corrected chi connectivity index (χ0v) is 11.3. The first kappa shape index (κ1) is 14.2. The van der Waals surface area contributed by atoms with Gasteiger partial charge in [0.15, 0.2) is 0 Å². The summed E-state index contributed by atoms with van der Waals surface area (Å²) >= 11 is 0. The lowest BCUT2D eigenvalue weighted by molar-refractivity contribution is 0.310. The van der Waals surface area contributed by atoms with Gasteiger partial charge in [-0.15, -0.1) is 0 Å². The van der Waals surface area contributed by atoms with Gasteiger partial charge in [0.2, 0.25) is 0 Å². The Kier molecular flexibility index (Phi) is 5.65. The van der Waals surface area contributed by atoms with E-state index in [9.17, 15) is 8.42 Å². The highest BCUT2D eigenvalue weighted by Gasteiger charge is 2.06. The van der Waals surface area contributed by atoms with Gasteiger partial charge in [-0.1, -0.05) is 44.0 Å². The summed E-state index contributed by atoms with van der Waals surface area (Å²) in [5, 5.41) is 0. The molecule has 1 rings (SSSR count). The van der Waals surface area contributed by atoms with E-state index in [0.717, 1.165) is 24.7 Å². The lowest BCUT2D eigenvalue weighted by Crippen LogP contribution is -2.04. The third-order valence-electron chi connectivity index (χ3n) is 2.60. The van der Waals surface area contributed by atoms with E-state index in [4.69, 9.17) is 4.18 Å². The van der Waals surface area contributed by atoms with Gasteiger partial charge in [-0.05, 0) is 24.0 Å². The van der Waals surface area contributed by atoms with Gasteiger partial charge in [-0.3, -0.25) is 4.18 Å². The molecule has 0 atom stereocenters. The highest BCUT2D eigenvalue weighted by atomic mass is 32.2. The summed E-state index contributed by atoms with van der Waals surface area (Å²) in [6.45, 7) is 2.31. The standard InChI is InChI=1S/C13H20O3S/c1-3-4-5-8-12-9-6-7-10-13(12)11-16-17(2,14)15/h6-7,9-10H,3-5,8,11H2,1-2H3. The first-order chi connectivity index (χ1) is 8.03. The second kappa shape index (κ2) is 6.77.